The molecule has 0 aromatic carbocycles. The molecule has 0 aliphatic heterocycles. The molecule has 1 aromatic rings. The lowest BCUT2D eigenvalue weighted by atomic mass is 10.1. The highest BCUT2D eigenvalue weighted by Crippen LogP contribution is 2.13. The molecule has 2 N–H and O–H groups in total. The highest BCUT2D eigenvalue weighted by atomic mass is 14.7. The maximum atomic E-state index is 5.84. The molecule has 0 amide bonds. The van der Waals surface area contributed by atoms with Crippen LogP contribution >= 0.6 is 0 Å². The van der Waals surface area contributed by atoms with Gasteiger partial charge in [-0.1, -0.05) is 39.0 Å². The molecule has 0 fully saturated rings. The van der Waals surface area contributed by atoms with Gasteiger partial charge >= 0.3 is 0 Å². The second-order valence-electron chi connectivity index (χ2n) is 4.09. The van der Waals surface area contributed by atoms with E-state index < -0.39 is 0 Å². The van der Waals surface area contributed by atoms with E-state index in [0.717, 1.165) is 12.1 Å². The van der Waals surface area contributed by atoms with Gasteiger partial charge in [-0.05, 0) is 24.5 Å². The number of nitrogens with zero attached hydrogens (tertiary/aromatic N) is 1. The molecule has 0 atom stereocenters. The zero-order chi connectivity index (χ0) is 10.9. The quantitative estimate of drug-likeness (QED) is 0.693. The van der Waals surface area contributed by atoms with Gasteiger partial charge in [0.25, 0.3) is 0 Å². The van der Waals surface area contributed by atoms with Crippen molar-refractivity contribution < 1.29 is 0 Å². The molecule has 0 saturated heterocycles. The maximum absolute atomic E-state index is 5.84. The Bertz CT molecular complexity index is 271. The van der Waals surface area contributed by atoms with Crippen molar-refractivity contribution in [2.24, 2.45) is 0 Å². The summed E-state index contributed by atoms with van der Waals surface area (Å²) in [6.45, 7) is 2.25. The molecule has 2 heteroatoms. The Morgan fingerprint density at radius 3 is 2.60 bits per heavy atom. The lowest BCUT2D eigenvalue weighted by Gasteiger charge is -2.04. The van der Waals surface area contributed by atoms with Gasteiger partial charge in [-0.3, -0.25) is 4.98 Å². The van der Waals surface area contributed by atoms with Crippen molar-refractivity contribution in [3.05, 3.63) is 24.0 Å². The van der Waals surface area contributed by atoms with Crippen molar-refractivity contribution >= 4 is 5.69 Å². The SMILES string of the molecule is CCCCCCCCc1cnccc1N. The summed E-state index contributed by atoms with van der Waals surface area (Å²) in [4.78, 5) is 4.09. The van der Waals surface area contributed by atoms with Crippen molar-refractivity contribution in [2.45, 2.75) is 51.9 Å². The minimum Gasteiger partial charge on any atom is -0.398 e. The average molecular weight is 206 g/mol. The number of anilines is 1. The first-order valence-corrected chi connectivity index (χ1v) is 6.03. The first-order valence-electron chi connectivity index (χ1n) is 6.03. The summed E-state index contributed by atoms with van der Waals surface area (Å²) in [6, 6.07) is 1.88. The molecule has 0 aliphatic carbocycles. The molecule has 1 rings (SSSR count). The zero-order valence-corrected chi connectivity index (χ0v) is 9.71. The van der Waals surface area contributed by atoms with E-state index in [1.165, 1.54) is 44.1 Å². The Hall–Kier alpha value is -1.05. The molecule has 0 unspecified atom stereocenters. The second-order valence-corrected chi connectivity index (χ2v) is 4.09. The minimum absolute atomic E-state index is 0.888. The lowest BCUT2D eigenvalue weighted by Crippen LogP contribution is -1.95. The van der Waals surface area contributed by atoms with Crippen LogP contribution in [0.3, 0.4) is 0 Å². The standard InChI is InChI=1S/C13H22N2/c1-2-3-4-5-6-7-8-12-11-15-10-9-13(12)14/h9-11H,2-8H2,1H3,(H2,14,15). The second kappa shape index (κ2) is 7.27. The van der Waals surface area contributed by atoms with Crippen LogP contribution in [0.15, 0.2) is 18.5 Å². The molecule has 2 nitrogen and oxygen atoms in total. The molecule has 0 spiro atoms. The fraction of sp³-hybridized carbons (Fsp3) is 0.615. The minimum atomic E-state index is 0.888. The molecular formula is C13H22N2. The first-order chi connectivity index (χ1) is 7.34. The summed E-state index contributed by atoms with van der Waals surface area (Å²) >= 11 is 0. The smallest absolute Gasteiger partial charge is 0.0377 e. The molecule has 1 heterocycles. The number of aryl methyl sites for hydroxylation is 1. The third kappa shape index (κ3) is 4.82. The highest BCUT2D eigenvalue weighted by molar-refractivity contribution is 5.44. The predicted octanol–water partition coefficient (Wildman–Crippen LogP) is 3.57. The molecule has 0 saturated carbocycles. The van der Waals surface area contributed by atoms with E-state index in [-0.39, 0.29) is 0 Å². The van der Waals surface area contributed by atoms with Gasteiger partial charge in [0.15, 0.2) is 0 Å². The van der Waals surface area contributed by atoms with Crippen LogP contribution in [0.5, 0.6) is 0 Å². The van der Waals surface area contributed by atoms with Crippen molar-refractivity contribution in [1.29, 1.82) is 0 Å². The molecule has 1 aromatic heterocycles. The van der Waals surface area contributed by atoms with Crippen LogP contribution in [0, 0.1) is 0 Å². The zero-order valence-electron chi connectivity index (χ0n) is 9.71. The number of nitrogen functional groups attached to an aromatic ring is 1. The number of rotatable bonds is 7. The Kier molecular flexibility index (Phi) is 5.83. The van der Waals surface area contributed by atoms with Gasteiger partial charge in [0.2, 0.25) is 0 Å². The van der Waals surface area contributed by atoms with E-state index >= 15 is 0 Å². The van der Waals surface area contributed by atoms with Gasteiger partial charge in [0, 0.05) is 18.1 Å². The average Bonchev–Trinajstić information content (AvgIpc) is 2.25. The summed E-state index contributed by atoms with van der Waals surface area (Å²) in [5.41, 5.74) is 7.93. The third-order valence-electron chi connectivity index (χ3n) is 2.74. The Morgan fingerprint density at radius 1 is 1.13 bits per heavy atom. The number of hydrogen-bond acceptors (Lipinski definition) is 2. The lowest BCUT2D eigenvalue weighted by molar-refractivity contribution is 0.607. The van der Waals surface area contributed by atoms with Crippen molar-refractivity contribution in [2.75, 3.05) is 5.73 Å². The van der Waals surface area contributed by atoms with Crippen LogP contribution in [0.4, 0.5) is 5.69 Å². The summed E-state index contributed by atoms with van der Waals surface area (Å²) in [6.07, 6.45) is 12.7. The molecule has 84 valence electrons. The fourth-order valence-corrected chi connectivity index (χ4v) is 1.74. The van der Waals surface area contributed by atoms with Crippen LogP contribution in [-0.2, 0) is 6.42 Å². The van der Waals surface area contributed by atoms with Crippen molar-refractivity contribution in [1.82, 2.24) is 4.98 Å². The largest absolute Gasteiger partial charge is 0.398 e. The summed E-state index contributed by atoms with van der Waals surface area (Å²) < 4.78 is 0. The Labute approximate surface area is 92.9 Å². The molecular weight excluding hydrogens is 184 g/mol. The highest BCUT2D eigenvalue weighted by Gasteiger charge is 1.98. The normalized spacial score (nSPS) is 10.5. The molecule has 15 heavy (non-hydrogen) atoms. The van der Waals surface area contributed by atoms with Crippen molar-refractivity contribution in [3.63, 3.8) is 0 Å². The van der Waals surface area contributed by atoms with Crippen LogP contribution < -0.4 is 5.73 Å². The fourth-order valence-electron chi connectivity index (χ4n) is 1.74. The van der Waals surface area contributed by atoms with Gasteiger partial charge in [-0.2, -0.15) is 0 Å². The number of unbranched alkanes of at least 4 members (excludes halogenated alkanes) is 5. The third-order valence-corrected chi connectivity index (χ3v) is 2.74. The van der Waals surface area contributed by atoms with E-state index in [2.05, 4.69) is 11.9 Å². The van der Waals surface area contributed by atoms with Crippen LogP contribution in [0.1, 0.15) is 51.0 Å². The van der Waals surface area contributed by atoms with Crippen LogP contribution in [0.2, 0.25) is 0 Å². The first kappa shape index (κ1) is 12.0. The topological polar surface area (TPSA) is 38.9 Å². The number of aromatic nitrogens is 1. The summed E-state index contributed by atoms with van der Waals surface area (Å²) in [5.74, 6) is 0. The van der Waals surface area contributed by atoms with E-state index in [0.29, 0.717) is 0 Å². The summed E-state index contributed by atoms with van der Waals surface area (Å²) in [5, 5.41) is 0. The van der Waals surface area contributed by atoms with E-state index in [1.807, 2.05) is 12.3 Å². The molecule has 0 aliphatic rings. The predicted molar refractivity (Wildman–Crippen MR) is 65.7 cm³/mol. The number of pyridine rings is 1. The number of nitrogens with two attached hydrogens (primary N) is 1. The van der Waals surface area contributed by atoms with E-state index in [1.54, 1.807) is 6.20 Å². The Balaban J connectivity index is 2.12. The van der Waals surface area contributed by atoms with Crippen molar-refractivity contribution in [3.8, 4) is 0 Å². The van der Waals surface area contributed by atoms with E-state index in [4.69, 9.17) is 5.73 Å². The molecule has 0 radical (unpaired) electrons. The van der Waals surface area contributed by atoms with Gasteiger partial charge in [-0.25, -0.2) is 0 Å². The monoisotopic (exact) mass is 206 g/mol. The summed E-state index contributed by atoms with van der Waals surface area (Å²) in [7, 11) is 0. The van der Waals surface area contributed by atoms with Gasteiger partial charge in [0.05, 0.1) is 0 Å². The maximum Gasteiger partial charge on any atom is 0.0377 e. The van der Waals surface area contributed by atoms with Crippen LogP contribution in [-0.4, -0.2) is 4.98 Å². The van der Waals surface area contributed by atoms with E-state index in [9.17, 15) is 0 Å². The number of hydrogen-bond donors (Lipinski definition) is 1. The van der Waals surface area contributed by atoms with Crippen LogP contribution in [0.25, 0.3) is 0 Å². The van der Waals surface area contributed by atoms with Gasteiger partial charge in [-0.15, -0.1) is 0 Å². The van der Waals surface area contributed by atoms with Gasteiger partial charge in [0.1, 0.15) is 0 Å². The Morgan fingerprint density at radius 2 is 1.87 bits per heavy atom. The van der Waals surface area contributed by atoms with Gasteiger partial charge < -0.3 is 5.73 Å². The molecule has 0 bridgehead atoms.